The van der Waals surface area contributed by atoms with Gasteiger partial charge in [-0.2, -0.15) is 0 Å². The van der Waals surface area contributed by atoms with E-state index in [-0.39, 0.29) is 11.9 Å². The minimum atomic E-state index is -0.313. The minimum Gasteiger partial charge on any atom is -0.461 e. The Balaban J connectivity index is 2.29. The maximum atomic E-state index is 11.0. The molecule has 0 bridgehead atoms. The SMILES string of the molecule is C=C(C)C(=O)OCC1C=CCC=C1. The largest absolute Gasteiger partial charge is 0.461 e. The van der Waals surface area contributed by atoms with Crippen LogP contribution in [-0.4, -0.2) is 12.6 Å². The second kappa shape index (κ2) is 4.65. The van der Waals surface area contributed by atoms with E-state index in [9.17, 15) is 4.79 Å². The second-order valence-electron chi connectivity index (χ2n) is 3.13. The van der Waals surface area contributed by atoms with Crippen LogP contribution in [0.5, 0.6) is 0 Å². The maximum Gasteiger partial charge on any atom is 0.333 e. The van der Waals surface area contributed by atoms with Crippen molar-refractivity contribution < 1.29 is 9.53 Å². The van der Waals surface area contributed by atoms with Crippen molar-refractivity contribution in [2.75, 3.05) is 6.61 Å². The van der Waals surface area contributed by atoms with Gasteiger partial charge in [0.15, 0.2) is 0 Å². The standard InChI is InChI=1S/C11H14O2/c1-9(2)11(12)13-8-10-6-4-3-5-7-10/h4-7,10H,1,3,8H2,2H3. The Morgan fingerprint density at radius 1 is 1.54 bits per heavy atom. The normalized spacial score (nSPS) is 15.8. The summed E-state index contributed by atoms with van der Waals surface area (Å²) in [7, 11) is 0. The number of allylic oxidation sites excluding steroid dienone is 2. The number of esters is 1. The minimum absolute atomic E-state index is 0.233. The predicted octanol–water partition coefficient (Wildman–Crippen LogP) is 2.24. The first-order valence-electron chi connectivity index (χ1n) is 4.36. The first kappa shape index (κ1) is 9.78. The molecule has 1 rings (SSSR count). The number of hydrogen-bond acceptors (Lipinski definition) is 2. The quantitative estimate of drug-likeness (QED) is 0.376. The van der Waals surface area contributed by atoms with Gasteiger partial charge in [-0.15, -0.1) is 0 Å². The first-order chi connectivity index (χ1) is 6.20. The van der Waals surface area contributed by atoms with Gasteiger partial charge in [0.25, 0.3) is 0 Å². The highest BCUT2D eigenvalue weighted by molar-refractivity contribution is 5.86. The van der Waals surface area contributed by atoms with E-state index >= 15 is 0 Å². The van der Waals surface area contributed by atoms with Crippen LogP contribution < -0.4 is 0 Å². The number of ether oxygens (including phenoxy) is 1. The number of carbonyl (C=O) groups is 1. The lowest BCUT2D eigenvalue weighted by Crippen LogP contribution is -2.12. The molecule has 1 aliphatic carbocycles. The van der Waals surface area contributed by atoms with Crippen LogP contribution in [0.4, 0.5) is 0 Å². The summed E-state index contributed by atoms with van der Waals surface area (Å²) in [5, 5.41) is 0. The number of rotatable bonds is 3. The molecule has 0 atom stereocenters. The molecule has 0 aromatic carbocycles. The third kappa shape index (κ3) is 3.28. The number of hydrogen-bond donors (Lipinski definition) is 0. The zero-order valence-electron chi connectivity index (χ0n) is 7.82. The van der Waals surface area contributed by atoms with Gasteiger partial charge in [-0.3, -0.25) is 0 Å². The van der Waals surface area contributed by atoms with Gasteiger partial charge in [-0.1, -0.05) is 30.9 Å². The molecule has 1 aliphatic rings. The molecule has 0 N–H and O–H groups in total. The van der Waals surface area contributed by atoms with E-state index in [1.807, 2.05) is 12.2 Å². The smallest absolute Gasteiger partial charge is 0.333 e. The summed E-state index contributed by atoms with van der Waals surface area (Å²) >= 11 is 0. The van der Waals surface area contributed by atoms with Crippen LogP contribution in [0.2, 0.25) is 0 Å². The summed E-state index contributed by atoms with van der Waals surface area (Å²) in [6, 6.07) is 0. The molecule has 0 unspecified atom stereocenters. The van der Waals surface area contributed by atoms with Gasteiger partial charge in [0.1, 0.15) is 6.61 Å². The van der Waals surface area contributed by atoms with E-state index in [1.54, 1.807) is 6.92 Å². The molecule has 0 fully saturated rings. The third-order valence-electron chi connectivity index (χ3n) is 1.79. The van der Waals surface area contributed by atoms with E-state index in [4.69, 9.17) is 4.74 Å². The monoisotopic (exact) mass is 178 g/mol. The Bertz CT molecular complexity index is 249. The Morgan fingerprint density at radius 3 is 2.69 bits per heavy atom. The lowest BCUT2D eigenvalue weighted by Gasteiger charge is -2.11. The Morgan fingerprint density at radius 2 is 2.15 bits per heavy atom. The molecule has 0 spiro atoms. The molecule has 0 amide bonds. The van der Waals surface area contributed by atoms with Crippen molar-refractivity contribution in [3.63, 3.8) is 0 Å². The summed E-state index contributed by atoms with van der Waals surface area (Å²) in [6.07, 6.45) is 9.21. The molecule has 0 radical (unpaired) electrons. The Kier molecular flexibility index (Phi) is 3.50. The molecule has 0 saturated carbocycles. The van der Waals surface area contributed by atoms with Crippen molar-refractivity contribution in [1.29, 1.82) is 0 Å². The van der Waals surface area contributed by atoms with E-state index in [1.165, 1.54) is 0 Å². The molecule has 0 heterocycles. The Hall–Kier alpha value is -1.31. The third-order valence-corrected chi connectivity index (χ3v) is 1.79. The zero-order chi connectivity index (χ0) is 9.68. The van der Waals surface area contributed by atoms with E-state index in [0.717, 1.165) is 6.42 Å². The van der Waals surface area contributed by atoms with Gasteiger partial charge in [0, 0.05) is 11.5 Å². The lowest BCUT2D eigenvalue weighted by atomic mass is 10.0. The van der Waals surface area contributed by atoms with E-state index in [2.05, 4.69) is 18.7 Å². The summed E-state index contributed by atoms with van der Waals surface area (Å²) < 4.78 is 5.00. The summed E-state index contributed by atoms with van der Waals surface area (Å²) in [5.74, 6) is -0.0792. The highest BCUT2D eigenvalue weighted by Gasteiger charge is 2.07. The lowest BCUT2D eigenvalue weighted by molar-refractivity contribution is -0.139. The highest BCUT2D eigenvalue weighted by Crippen LogP contribution is 2.10. The molecular weight excluding hydrogens is 164 g/mol. The highest BCUT2D eigenvalue weighted by atomic mass is 16.5. The van der Waals surface area contributed by atoms with E-state index in [0.29, 0.717) is 12.2 Å². The van der Waals surface area contributed by atoms with Crippen molar-refractivity contribution in [2.24, 2.45) is 5.92 Å². The molecule has 0 aromatic heterocycles. The van der Waals surface area contributed by atoms with Gasteiger partial charge < -0.3 is 4.74 Å². The molecule has 13 heavy (non-hydrogen) atoms. The van der Waals surface area contributed by atoms with Gasteiger partial charge in [0.05, 0.1) is 0 Å². The number of carbonyl (C=O) groups excluding carboxylic acids is 1. The summed E-state index contributed by atoms with van der Waals surface area (Å²) in [4.78, 5) is 11.0. The molecule has 2 nitrogen and oxygen atoms in total. The molecule has 0 saturated heterocycles. The van der Waals surface area contributed by atoms with Gasteiger partial charge in [-0.05, 0) is 13.3 Å². The molecule has 0 aliphatic heterocycles. The molecule has 0 aromatic rings. The van der Waals surface area contributed by atoms with Crippen molar-refractivity contribution in [3.8, 4) is 0 Å². The maximum absolute atomic E-state index is 11.0. The van der Waals surface area contributed by atoms with E-state index < -0.39 is 0 Å². The van der Waals surface area contributed by atoms with Crippen LogP contribution in [0.25, 0.3) is 0 Å². The molecule has 70 valence electrons. The van der Waals surface area contributed by atoms with Crippen molar-refractivity contribution >= 4 is 5.97 Å². The summed E-state index contributed by atoms with van der Waals surface area (Å²) in [5.41, 5.74) is 0.448. The average Bonchev–Trinajstić information content (AvgIpc) is 2.15. The van der Waals surface area contributed by atoms with Gasteiger partial charge in [-0.25, -0.2) is 4.79 Å². The second-order valence-corrected chi connectivity index (χ2v) is 3.13. The average molecular weight is 178 g/mol. The van der Waals surface area contributed by atoms with Crippen molar-refractivity contribution in [1.82, 2.24) is 0 Å². The molecular formula is C11H14O2. The van der Waals surface area contributed by atoms with Crippen molar-refractivity contribution in [2.45, 2.75) is 13.3 Å². The topological polar surface area (TPSA) is 26.3 Å². The van der Waals surface area contributed by atoms with Gasteiger partial charge >= 0.3 is 5.97 Å². The van der Waals surface area contributed by atoms with Crippen LogP contribution in [0.15, 0.2) is 36.5 Å². The Labute approximate surface area is 78.6 Å². The predicted molar refractivity (Wildman–Crippen MR) is 52.2 cm³/mol. The van der Waals surface area contributed by atoms with Crippen molar-refractivity contribution in [3.05, 3.63) is 36.5 Å². The van der Waals surface area contributed by atoms with Gasteiger partial charge in [0.2, 0.25) is 0 Å². The summed E-state index contributed by atoms with van der Waals surface area (Å²) in [6.45, 7) is 5.57. The fourth-order valence-corrected chi connectivity index (χ4v) is 1.06. The first-order valence-corrected chi connectivity index (χ1v) is 4.36. The van der Waals surface area contributed by atoms with Crippen LogP contribution in [0.3, 0.4) is 0 Å². The van der Waals surface area contributed by atoms with Crippen LogP contribution in [0.1, 0.15) is 13.3 Å². The fourth-order valence-electron chi connectivity index (χ4n) is 1.06. The zero-order valence-corrected chi connectivity index (χ0v) is 7.82. The van der Waals surface area contributed by atoms with Crippen LogP contribution >= 0.6 is 0 Å². The van der Waals surface area contributed by atoms with Crippen LogP contribution in [0, 0.1) is 5.92 Å². The molecule has 2 heteroatoms. The fraction of sp³-hybridized carbons (Fsp3) is 0.364. The van der Waals surface area contributed by atoms with Crippen LogP contribution in [-0.2, 0) is 9.53 Å².